The summed E-state index contributed by atoms with van der Waals surface area (Å²) in [6.45, 7) is 7.22. The Kier molecular flexibility index (Phi) is 10.4. The van der Waals surface area contributed by atoms with Crippen molar-refractivity contribution in [2.75, 3.05) is 32.1 Å². The molecular formula is C33H43N7O5. The first-order chi connectivity index (χ1) is 21.6. The van der Waals surface area contributed by atoms with E-state index in [-0.39, 0.29) is 24.0 Å². The summed E-state index contributed by atoms with van der Waals surface area (Å²) >= 11 is 0. The second-order valence-corrected chi connectivity index (χ2v) is 12.3. The van der Waals surface area contributed by atoms with Gasteiger partial charge in [-0.3, -0.25) is 9.36 Å². The Morgan fingerprint density at radius 1 is 1.02 bits per heavy atom. The zero-order valence-electron chi connectivity index (χ0n) is 26.2. The number of hydrogen-bond acceptors (Lipinski definition) is 10. The maximum absolute atomic E-state index is 12.3. The number of imidazole rings is 1. The zero-order chi connectivity index (χ0) is 32.0. The number of aliphatic hydroxyl groups excluding tert-OH is 2. The highest BCUT2D eigenvalue weighted by molar-refractivity contribution is 5.83. The highest BCUT2D eigenvalue weighted by Gasteiger charge is 2.44. The number of methoxy groups -OCH3 is 1. The summed E-state index contributed by atoms with van der Waals surface area (Å²) in [5.74, 6) is 0.989. The molecule has 5 N–H and O–H groups in total. The smallest absolute Gasteiger partial charge is 0.221 e. The number of rotatable bonds is 13. The molecule has 240 valence electrons. The summed E-state index contributed by atoms with van der Waals surface area (Å²) < 4.78 is 12.8. The van der Waals surface area contributed by atoms with Gasteiger partial charge in [-0.05, 0) is 31.9 Å². The highest BCUT2D eigenvalue weighted by Crippen LogP contribution is 2.33. The molecule has 5 rings (SSSR count). The molecule has 12 heteroatoms. The molecule has 12 nitrogen and oxygen atoms in total. The minimum atomic E-state index is -1.21. The number of anilines is 1. The van der Waals surface area contributed by atoms with Crippen molar-refractivity contribution in [3.63, 3.8) is 0 Å². The van der Waals surface area contributed by atoms with E-state index in [0.29, 0.717) is 48.9 Å². The van der Waals surface area contributed by atoms with Gasteiger partial charge < -0.3 is 35.6 Å². The van der Waals surface area contributed by atoms with Gasteiger partial charge in [-0.1, -0.05) is 60.7 Å². The topological polar surface area (TPSA) is 156 Å². The van der Waals surface area contributed by atoms with Crippen LogP contribution in [-0.2, 0) is 20.8 Å². The first-order valence-corrected chi connectivity index (χ1v) is 15.2. The minimum absolute atomic E-state index is 0.0346. The third-order valence-electron chi connectivity index (χ3n) is 7.61. The highest BCUT2D eigenvalue weighted by atomic mass is 16.6. The van der Waals surface area contributed by atoms with Crippen molar-refractivity contribution in [1.82, 2.24) is 30.2 Å². The molecule has 0 bridgehead atoms. The van der Waals surface area contributed by atoms with Gasteiger partial charge in [-0.25, -0.2) is 15.0 Å². The van der Waals surface area contributed by atoms with Crippen LogP contribution >= 0.6 is 0 Å². The molecule has 1 aliphatic rings. The van der Waals surface area contributed by atoms with E-state index in [0.717, 1.165) is 11.1 Å². The van der Waals surface area contributed by atoms with Gasteiger partial charge in [-0.2, -0.15) is 0 Å². The molecule has 0 aliphatic carbocycles. The van der Waals surface area contributed by atoms with Gasteiger partial charge in [0.25, 0.3) is 0 Å². The number of aliphatic hydroxyl groups is 2. The maximum atomic E-state index is 12.3. The third kappa shape index (κ3) is 8.02. The van der Waals surface area contributed by atoms with Crippen molar-refractivity contribution in [2.45, 2.75) is 69.7 Å². The quantitative estimate of drug-likeness (QED) is 0.141. The number of carbonyl (C=O) groups excluding carboxylic acids is 1. The lowest BCUT2D eigenvalue weighted by Crippen LogP contribution is -2.41. The van der Waals surface area contributed by atoms with E-state index in [2.05, 4.69) is 45.2 Å². The number of hydrogen-bond donors (Lipinski definition) is 5. The van der Waals surface area contributed by atoms with Crippen LogP contribution in [0.3, 0.4) is 0 Å². The van der Waals surface area contributed by atoms with Crippen molar-refractivity contribution in [1.29, 1.82) is 0 Å². The van der Waals surface area contributed by atoms with Crippen molar-refractivity contribution in [2.24, 2.45) is 0 Å². The lowest BCUT2D eigenvalue weighted by molar-refractivity contribution is -0.122. The summed E-state index contributed by atoms with van der Waals surface area (Å²) in [5.41, 5.74) is 2.96. The number of nitrogens with one attached hydrogen (secondary N) is 3. The fourth-order valence-corrected chi connectivity index (χ4v) is 5.49. The van der Waals surface area contributed by atoms with Crippen LogP contribution in [-0.4, -0.2) is 86.3 Å². The largest absolute Gasteiger partial charge is 0.387 e. The number of nitrogens with zero attached hydrogens (tertiary/aromatic N) is 4. The van der Waals surface area contributed by atoms with Crippen molar-refractivity contribution < 1.29 is 24.5 Å². The molecule has 0 saturated carbocycles. The predicted octanol–water partition coefficient (Wildman–Crippen LogP) is 2.73. The average Bonchev–Trinajstić information content (AvgIpc) is 3.56. The molecule has 3 heterocycles. The maximum Gasteiger partial charge on any atom is 0.221 e. The van der Waals surface area contributed by atoms with Gasteiger partial charge >= 0.3 is 0 Å². The van der Waals surface area contributed by atoms with E-state index in [4.69, 9.17) is 19.4 Å². The second kappa shape index (κ2) is 14.4. The van der Waals surface area contributed by atoms with Gasteiger partial charge in [0.05, 0.1) is 19.5 Å². The molecule has 45 heavy (non-hydrogen) atoms. The van der Waals surface area contributed by atoms with Crippen LogP contribution in [0.25, 0.3) is 11.2 Å². The zero-order valence-corrected chi connectivity index (χ0v) is 26.2. The Morgan fingerprint density at radius 3 is 2.31 bits per heavy atom. The number of aromatic nitrogens is 4. The second-order valence-electron chi connectivity index (χ2n) is 12.3. The molecule has 0 spiro atoms. The SMILES string of the molecule is COC[C@H]1O[C@@H](n2cnc3c(NCC(c4ccccc4)c4ccccc4)nc(CNCCC(=O)NC(C)(C)C)nc32)[C@H](O)[C@@H]1O. The van der Waals surface area contributed by atoms with Gasteiger partial charge in [0, 0.05) is 38.1 Å². The fourth-order valence-electron chi connectivity index (χ4n) is 5.49. The first kappa shape index (κ1) is 32.5. The van der Waals surface area contributed by atoms with Crippen molar-refractivity contribution in [3.8, 4) is 0 Å². The molecule has 0 radical (unpaired) electrons. The Morgan fingerprint density at radius 2 is 1.69 bits per heavy atom. The summed E-state index contributed by atoms with van der Waals surface area (Å²) in [4.78, 5) is 26.5. The van der Waals surface area contributed by atoms with Crippen LogP contribution < -0.4 is 16.0 Å². The monoisotopic (exact) mass is 617 g/mol. The van der Waals surface area contributed by atoms with E-state index < -0.39 is 24.5 Å². The van der Waals surface area contributed by atoms with Gasteiger partial charge in [-0.15, -0.1) is 0 Å². The lowest BCUT2D eigenvalue weighted by atomic mass is 9.91. The van der Waals surface area contributed by atoms with E-state index >= 15 is 0 Å². The fraction of sp³-hybridized carbons (Fsp3) is 0.455. The van der Waals surface area contributed by atoms with Gasteiger partial charge in [0.1, 0.15) is 24.1 Å². The summed E-state index contributed by atoms with van der Waals surface area (Å²) in [5, 5.41) is 31.2. The molecule has 4 aromatic rings. The molecule has 0 unspecified atom stereocenters. The number of fused-ring (bicyclic) bond motifs is 1. The normalized spacial score (nSPS) is 20.2. The Labute approximate surface area is 263 Å². The average molecular weight is 618 g/mol. The van der Waals surface area contributed by atoms with E-state index in [1.54, 1.807) is 10.9 Å². The summed E-state index contributed by atoms with van der Waals surface area (Å²) in [6.07, 6.45) is -2.12. The van der Waals surface area contributed by atoms with Gasteiger partial charge in [0.15, 0.2) is 23.2 Å². The van der Waals surface area contributed by atoms with E-state index in [1.807, 2.05) is 57.2 Å². The number of amides is 1. The molecule has 2 aromatic heterocycles. The van der Waals surface area contributed by atoms with Crippen LogP contribution in [0.2, 0.25) is 0 Å². The van der Waals surface area contributed by atoms with Crippen molar-refractivity contribution in [3.05, 3.63) is 83.9 Å². The third-order valence-corrected chi connectivity index (χ3v) is 7.61. The van der Waals surface area contributed by atoms with Gasteiger partial charge in [0.2, 0.25) is 5.91 Å². The first-order valence-electron chi connectivity index (χ1n) is 15.2. The minimum Gasteiger partial charge on any atom is -0.387 e. The van der Waals surface area contributed by atoms with Crippen LogP contribution in [0.15, 0.2) is 67.0 Å². The van der Waals surface area contributed by atoms with Crippen LogP contribution in [0.4, 0.5) is 5.82 Å². The lowest BCUT2D eigenvalue weighted by Gasteiger charge is -2.20. The number of carbonyl (C=O) groups is 1. The molecule has 2 aromatic carbocycles. The molecule has 1 aliphatic heterocycles. The molecule has 1 amide bonds. The Bertz CT molecular complexity index is 1500. The molecule has 4 atom stereocenters. The Hall–Kier alpha value is -3.94. The summed E-state index contributed by atoms with van der Waals surface area (Å²) in [7, 11) is 1.51. The van der Waals surface area contributed by atoms with Crippen LogP contribution in [0, 0.1) is 0 Å². The predicted molar refractivity (Wildman–Crippen MR) is 171 cm³/mol. The van der Waals surface area contributed by atoms with Crippen LogP contribution in [0.1, 0.15) is 56.3 Å². The molecule has 1 saturated heterocycles. The van der Waals surface area contributed by atoms with E-state index in [1.165, 1.54) is 7.11 Å². The Balaban J connectivity index is 1.42. The number of ether oxygens (including phenoxy) is 2. The van der Waals surface area contributed by atoms with Crippen LogP contribution in [0.5, 0.6) is 0 Å². The van der Waals surface area contributed by atoms with Crippen molar-refractivity contribution >= 4 is 22.9 Å². The molecular weight excluding hydrogens is 574 g/mol. The standard InChI is InChI=1S/C33H43N7O5/c1-33(2,3)39-26(41)15-16-34-18-25-37-30(35-17-23(21-11-7-5-8-12-21)22-13-9-6-10-14-22)27-31(38-25)40(20-36-27)32-29(43)28(42)24(45-32)19-44-4/h5-14,20,23-24,28-29,32,34,42-43H,15-19H2,1-4H3,(H,39,41)(H,35,37,38)/t24-,28-,29-,32-/m1/s1. The number of benzene rings is 2. The summed E-state index contributed by atoms with van der Waals surface area (Å²) in [6, 6.07) is 20.5. The molecule has 1 fully saturated rings. The van der Waals surface area contributed by atoms with E-state index in [9.17, 15) is 15.0 Å².